The summed E-state index contributed by atoms with van der Waals surface area (Å²) in [5.41, 5.74) is 2.86. The summed E-state index contributed by atoms with van der Waals surface area (Å²) in [6.07, 6.45) is 0. The summed E-state index contributed by atoms with van der Waals surface area (Å²) in [4.78, 5) is 28.4. The van der Waals surface area contributed by atoms with Gasteiger partial charge >= 0.3 is 0 Å². The van der Waals surface area contributed by atoms with E-state index in [1.807, 2.05) is 55.5 Å². The van der Waals surface area contributed by atoms with E-state index in [0.717, 1.165) is 11.1 Å². The second kappa shape index (κ2) is 10.5. The number of Topliss-reactive ketones (excluding diaryl/α,β-unsaturated/α-hetero) is 1. The number of carbonyl (C=O) groups excluding carboxylic acids is 2. The van der Waals surface area contributed by atoms with Crippen molar-refractivity contribution in [1.82, 2.24) is 0 Å². The standard InChI is InChI=1S/C34H30FNO4/c1-21-13-14-23(34(2,3)4)20-28(21)31(37)29-30(36(33(39)32(29)38)25-17-15-24(35)16-18-25)22-9-8-12-27(19-22)40-26-10-6-5-7-11-26/h5-20,30,37H,1-4H3/b31-29+. The van der Waals surface area contributed by atoms with Crippen molar-refractivity contribution in [2.45, 2.75) is 39.2 Å². The Bertz CT molecular complexity index is 1620. The lowest BCUT2D eigenvalue weighted by Crippen LogP contribution is -2.29. The minimum atomic E-state index is -0.970. The molecule has 1 unspecified atom stereocenters. The number of ketones is 1. The van der Waals surface area contributed by atoms with Crippen LogP contribution >= 0.6 is 0 Å². The Morgan fingerprint density at radius 2 is 1.52 bits per heavy atom. The van der Waals surface area contributed by atoms with E-state index in [1.165, 1.54) is 29.2 Å². The maximum absolute atomic E-state index is 13.8. The van der Waals surface area contributed by atoms with Gasteiger partial charge in [0.25, 0.3) is 11.7 Å². The average molecular weight is 536 g/mol. The lowest BCUT2D eigenvalue weighted by molar-refractivity contribution is -0.132. The normalized spacial score (nSPS) is 16.8. The molecule has 4 aromatic rings. The van der Waals surface area contributed by atoms with Crippen molar-refractivity contribution >= 4 is 23.1 Å². The number of para-hydroxylation sites is 1. The maximum atomic E-state index is 13.8. The molecule has 1 amide bonds. The molecule has 1 N–H and O–H groups in total. The number of ether oxygens (including phenoxy) is 1. The highest BCUT2D eigenvalue weighted by molar-refractivity contribution is 6.51. The van der Waals surface area contributed by atoms with Crippen molar-refractivity contribution in [1.29, 1.82) is 0 Å². The zero-order chi connectivity index (χ0) is 28.6. The van der Waals surface area contributed by atoms with Gasteiger partial charge in [0.1, 0.15) is 23.1 Å². The van der Waals surface area contributed by atoms with E-state index in [2.05, 4.69) is 20.8 Å². The largest absolute Gasteiger partial charge is 0.507 e. The number of aryl methyl sites for hydroxylation is 1. The van der Waals surface area contributed by atoms with Crippen molar-refractivity contribution in [3.8, 4) is 11.5 Å². The molecule has 4 aromatic carbocycles. The number of amides is 1. The molecule has 40 heavy (non-hydrogen) atoms. The topological polar surface area (TPSA) is 66.8 Å². The fourth-order valence-electron chi connectivity index (χ4n) is 4.88. The zero-order valence-corrected chi connectivity index (χ0v) is 22.8. The van der Waals surface area contributed by atoms with E-state index in [1.54, 1.807) is 24.3 Å². The molecule has 1 atom stereocenters. The first kappa shape index (κ1) is 26.9. The molecule has 5 nitrogen and oxygen atoms in total. The quantitative estimate of drug-likeness (QED) is 0.161. The van der Waals surface area contributed by atoms with Gasteiger partial charge in [-0.2, -0.15) is 0 Å². The fraction of sp³-hybridized carbons (Fsp3) is 0.176. The predicted octanol–water partition coefficient (Wildman–Crippen LogP) is 7.85. The molecule has 0 bridgehead atoms. The lowest BCUT2D eigenvalue weighted by Gasteiger charge is -2.26. The van der Waals surface area contributed by atoms with E-state index in [0.29, 0.717) is 28.3 Å². The van der Waals surface area contributed by atoms with Crippen LogP contribution in [0.25, 0.3) is 5.76 Å². The molecule has 0 saturated carbocycles. The Morgan fingerprint density at radius 3 is 2.20 bits per heavy atom. The molecule has 0 aromatic heterocycles. The van der Waals surface area contributed by atoms with E-state index in [-0.39, 0.29) is 16.7 Å². The second-order valence-corrected chi connectivity index (χ2v) is 10.9. The van der Waals surface area contributed by atoms with Crippen LogP contribution in [-0.4, -0.2) is 16.8 Å². The van der Waals surface area contributed by atoms with Gasteiger partial charge < -0.3 is 9.84 Å². The molecular weight excluding hydrogens is 505 g/mol. The number of carbonyl (C=O) groups is 2. The summed E-state index contributed by atoms with van der Waals surface area (Å²) in [6.45, 7) is 8.04. The number of anilines is 1. The van der Waals surface area contributed by atoms with Crippen molar-refractivity contribution in [2.75, 3.05) is 4.90 Å². The van der Waals surface area contributed by atoms with Gasteiger partial charge in [-0.3, -0.25) is 14.5 Å². The summed E-state index contributed by atoms with van der Waals surface area (Å²) in [6, 6.07) is 26.4. The van der Waals surface area contributed by atoms with Crippen LogP contribution in [-0.2, 0) is 15.0 Å². The molecule has 1 fully saturated rings. The number of hydrogen-bond donors (Lipinski definition) is 1. The van der Waals surface area contributed by atoms with Crippen molar-refractivity contribution in [3.05, 3.63) is 131 Å². The summed E-state index contributed by atoms with van der Waals surface area (Å²) in [5, 5.41) is 11.7. The van der Waals surface area contributed by atoms with Crippen LogP contribution in [0.15, 0.2) is 103 Å². The number of aliphatic hydroxyl groups excluding tert-OH is 1. The second-order valence-electron chi connectivity index (χ2n) is 10.9. The minimum Gasteiger partial charge on any atom is -0.507 e. The van der Waals surface area contributed by atoms with Gasteiger partial charge in [0.05, 0.1) is 11.6 Å². The number of benzene rings is 4. The maximum Gasteiger partial charge on any atom is 0.300 e. The smallest absolute Gasteiger partial charge is 0.300 e. The first-order valence-electron chi connectivity index (χ1n) is 13.1. The number of halogens is 1. The van der Waals surface area contributed by atoms with Crippen molar-refractivity contribution in [2.24, 2.45) is 0 Å². The van der Waals surface area contributed by atoms with E-state index in [9.17, 15) is 19.1 Å². The van der Waals surface area contributed by atoms with Gasteiger partial charge in [0.15, 0.2) is 0 Å². The molecule has 6 heteroatoms. The zero-order valence-electron chi connectivity index (χ0n) is 22.8. The minimum absolute atomic E-state index is 0.0413. The third kappa shape index (κ3) is 5.13. The first-order valence-corrected chi connectivity index (χ1v) is 13.1. The van der Waals surface area contributed by atoms with Gasteiger partial charge in [-0.05, 0) is 83.6 Å². The lowest BCUT2D eigenvalue weighted by atomic mass is 9.84. The Balaban J connectivity index is 1.70. The van der Waals surface area contributed by atoms with Crippen molar-refractivity contribution < 1.29 is 23.8 Å². The Hall–Kier alpha value is -4.71. The van der Waals surface area contributed by atoms with Crippen LogP contribution < -0.4 is 9.64 Å². The number of hydrogen-bond acceptors (Lipinski definition) is 4. The van der Waals surface area contributed by atoms with Gasteiger partial charge in [0, 0.05) is 11.3 Å². The number of aliphatic hydroxyl groups is 1. The summed E-state index contributed by atoms with van der Waals surface area (Å²) in [7, 11) is 0. The summed E-state index contributed by atoms with van der Waals surface area (Å²) >= 11 is 0. The third-order valence-corrected chi connectivity index (χ3v) is 7.06. The summed E-state index contributed by atoms with van der Waals surface area (Å²) < 4.78 is 19.8. The van der Waals surface area contributed by atoms with E-state index in [4.69, 9.17) is 4.74 Å². The number of rotatable bonds is 5. The van der Waals surface area contributed by atoms with Gasteiger partial charge in [-0.25, -0.2) is 4.39 Å². The molecule has 0 spiro atoms. The molecule has 0 radical (unpaired) electrons. The fourth-order valence-corrected chi connectivity index (χ4v) is 4.88. The molecule has 1 aliphatic rings. The van der Waals surface area contributed by atoms with Crippen LogP contribution in [0.4, 0.5) is 10.1 Å². The van der Waals surface area contributed by atoms with Gasteiger partial charge in [-0.1, -0.05) is 63.2 Å². The highest BCUT2D eigenvalue weighted by atomic mass is 19.1. The highest BCUT2D eigenvalue weighted by Gasteiger charge is 2.47. The molecule has 1 saturated heterocycles. The van der Waals surface area contributed by atoms with Crippen LogP contribution in [0, 0.1) is 12.7 Å². The summed E-state index contributed by atoms with van der Waals surface area (Å²) in [5.74, 6) is -1.23. The molecule has 0 aliphatic carbocycles. The first-order chi connectivity index (χ1) is 19.0. The molecule has 5 rings (SSSR count). The SMILES string of the molecule is Cc1ccc(C(C)(C)C)cc1/C(O)=C1\C(=O)C(=O)N(c2ccc(F)cc2)C1c1cccc(Oc2ccccc2)c1. The third-order valence-electron chi connectivity index (χ3n) is 7.06. The molecular formula is C34H30FNO4. The predicted molar refractivity (Wildman–Crippen MR) is 154 cm³/mol. The van der Waals surface area contributed by atoms with Crippen LogP contribution in [0.5, 0.6) is 11.5 Å². The van der Waals surface area contributed by atoms with Gasteiger partial charge in [0.2, 0.25) is 0 Å². The molecule has 1 heterocycles. The number of nitrogens with zero attached hydrogens (tertiary/aromatic N) is 1. The van der Waals surface area contributed by atoms with E-state index >= 15 is 0 Å². The van der Waals surface area contributed by atoms with Crippen LogP contribution in [0.1, 0.15) is 49.1 Å². The Morgan fingerprint density at radius 1 is 0.850 bits per heavy atom. The monoisotopic (exact) mass is 535 g/mol. The Kier molecular flexibility index (Phi) is 7.03. The Labute approximate surface area is 233 Å². The molecule has 1 aliphatic heterocycles. The van der Waals surface area contributed by atoms with E-state index < -0.39 is 23.5 Å². The van der Waals surface area contributed by atoms with Crippen LogP contribution in [0.3, 0.4) is 0 Å². The average Bonchev–Trinajstić information content (AvgIpc) is 3.19. The van der Waals surface area contributed by atoms with Crippen molar-refractivity contribution in [3.63, 3.8) is 0 Å². The van der Waals surface area contributed by atoms with Crippen LogP contribution in [0.2, 0.25) is 0 Å². The van der Waals surface area contributed by atoms with Gasteiger partial charge in [-0.15, -0.1) is 0 Å². The molecule has 202 valence electrons. The highest BCUT2D eigenvalue weighted by Crippen LogP contribution is 2.44.